The smallest absolute Gasteiger partial charge is 0.300 e. The van der Waals surface area contributed by atoms with Crippen LogP contribution in [-0.4, -0.2) is 32.7 Å². The molecule has 1 aliphatic heterocycles. The molecule has 1 atom stereocenters. The monoisotopic (exact) mass is 387 g/mol. The van der Waals surface area contributed by atoms with Crippen LogP contribution in [0.5, 0.6) is 5.75 Å². The van der Waals surface area contributed by atoms with E-state index in [-0.39, 0.29) is 5.69 Å². The van der Waals surface area contributed by atoms with Crippen LogP contribution < -0.4 is 10.3 Å². The van der Waals surface area contributed by atoms with Crippen molar-refractivity contribution in [3.63, 3.8) is 0 Å². The van der Waals surface area contributed by atoms with E-state index in [9.17, 15) is 9.90 Å². The second-order valence-corrected chi connectivity index (χ2v) is 7.18. The molecular weight excluding hydrogens is 374 g/mol. The highest BCUT2D eigenvalue weighted by Crippen LogP contribution is 2.38. The van der Waals surface area contributed by atoms with Gasteiger partial charge in [-0.25, -0.2) is 4.68 Å². The van der Waals surface area contributed by atoms with Gasteiger partial charge in [0.1, 0.15) is 5.75 Å². The lowest BCUT2D eigenvalue weighted by atomic mass is 10.1. The largest absolute Gasteiger partial charge is 0.497 e. The molecule has 0 unspecified atom stereocenters. The molecule has 0 aliphatic carbocycles. The first-order valence-corrected chi connectivity index (χ1v) is 9.15. The Bertz CT molecular complexity index is 1020. The highest BCUT2D eigenvalue weighted by Gasteiger charge is 2.41. The minimum atomic E-state index is -1.40. The summed E-state index contributed by atoms with van der Waals surface area (Å²) in [6.07, 6.45) is 0. The number of aromatic nitrogens is 3. The number of hydrogen-bond donors (Lipinski definition) is 1. The van der Waals surface area contributed by atoms with Gasteiger partial charge in [-0.2, -0.15) is 10.1 Å². The van der Waals surface area contributed by atoms with Gasteiger partial charge in [0, 0.05) is 16.1 Å². The van der Waals surface area contributed by atoms with E-state index in [0.29, 0.717) is 32.8 Å². The van der Waals surface area contributed by atoms with Crippen molar-refractivity contribution in [2.24, 2.45) is 0 Å². The van der Waals surface area contributed by atoms with Crippen molar-refractivity contribution in [1.82, 2.24) is 14.8 Å². The molecule has 3 aromatic rings. The summed E-state index contributed by atoms with van der Waals surface area (Å²) in [6, 6.07) is 13.9. The van der Waals surface area contributed by atoms with Gasteiger partial charge in [0.25, 0.3) is 0 Å². The molecule has 0 radical (unpaired) electrons. The molecule has 0 fully saturated rings. The van der Waals surface area contributed by atoms with Crippen LogP contribution in [0, 0.1) is 0 Å². The topological polar surface area (TPSA) is 77.2 Å². The minimum Gasteiger partial charge on any atom is -0.497 e. The van der Waals surface area contributed by atoms with Crippen LogP contribution in [0.15, 0.2) is 58.5 Å². The number of thioether (sulfide) groups is 1. The Kier molecular flexibility index (Phi) is 4.22. The number of halogens is 1. The van der Waals surface area contributed by atoms with Gasteiger partial charge >= 0.3 is 5.56 Å². The van der Waals surface area contributed by atoms with Gasteiger partial charge in [-0.05, 0) is 36.4 Å². The molecule has 1 aliphatic rings. The average molecular weight is 388 g/mol. The summed E-state index contributed by atoms with van der Waals surface area (Å²) in [4.78, 5) is 16.5. The van der Waals surface area contributed by atoms with Crippen LogP contribution in [0.4, 0.5) is 0 Å². The molecule has 0 saturated heterocycles. The quantitative estimate of drug-likeness (QED) is 0.744. The number of fused-ring (bicyclic) bond motifs is 1. The fraction of sp³-hybridized carbons (Fsp3) is 0.167. The van der Waals surface area contributed by atoms with Crippen LogP contribution in [0.3, 0.4) is 0 Å². The van der Waals surface area contributed by atoms with Crippen LogP contribution in [0.2, 0.25) is 5.02 Å². The summed E-state index contributed by atoms with van der Waals surface area (Å²) < 4.78 is 6.54. The SMILES string of the molecule is COc1ccc(-c2nn3c(nc2=O)SC[C@@]3(O)c2ccc(Cl)cc2)cc1. The zero-order chi connectivity index (χ0) is 18.3. The lowest BCUT2D eigenvalue weighted by Gasteiger charge is -2.24. The van der Waals surface area contributed by atoms with E-state index in [1.807, 2.05) is 0 Å². The fourth-order valence-electron chi connectivity index (χ4n) is 2.79. The summed E-state index contributed by atoms with van der Waals surface area (Å²) in [5, 5.41) is 16.6. The highest BCUT2D eigenvalue weighted by molar-refractivity contribution is 7.99. The zero-order valence-electron chi connectivity index (χ0n) is 13.7. The molecule has 26 heavy (non-hydrogen) atoms. The van der Waals surface area contributed by atoms with Crippen molar-refractivity contribution in [3.05, 3.63) is 69.5 Å². The molecule has 4 rings (SSSR count). The van der Waals surface area contributed by atoms with Crippen molar-refractivity contribution in [1.29, 1.82) is 0 Å². The van der Waals surface area contributed by atoms with Crippen LogP contribution >= 0.6 is 23.4 Å². The average Bonchev–Trinajstić information content (AvgIpc) is 2.98. The van der Waals surface area contributed by atoms with Gasteiger partial charge in [-0.1, -0.05) is 35.5 Å². The molecule has 0 saturated carbocycles. The van der Waals surface area contributed by atoms with E-state index in [4.69, 9.17) is 16.3 Å². The maximum Gasteiger partial charge on any atom is 0.300 e. The fourth-order valence-corrected chi connectivity index (χ4v) is 3.99. The minimum absolute atomic E-state index is 0.172. The van der Waals surface area contributed by atoms with Crippen LogP contribution in [0.25, 0.3) is 11.3 Å². The van der Waals surface area contributed by atoms with E-state index >= 15 is 0 Å². The lowest BCUT2D eigenvalue weighted by Crippen LogP contribution is -2.37. The van der Waals surface area contributed by atoms with Crippen molar-refractivity contribution < 1.29 is 9.84 Å². The van der Waals surface area contributed by atoms with Gasteiger partial charge in [0.05, 0.1) is 12.9 Å². The lowest BCUT2D eigenvalue weighted by molar-refractivity contribution is 0.0125. The number of benzene rings is 2. The number of rotatable bonds is 3. The molecule has 0 spiro atoms. The molecule has 2 aromatic carbocycles. The molecule has 6 nitrogen and oxygen atoms in total. The van der Waals surface area contributed by atoms with Crippen LogP contribution in [0.1, 0.15) is 5.56 Å². The van der Waals surface area contributed by atoms with E-state index in [1.54, 1.807) is 55.6 Å². The predicted octanol–water partition coefficient (Wildman–Crippen LogP) is 2.77. The standard InChI is InChI=1S/C18H14ClN3O3S/c1-25-14-8-2-11(3-9-14)15-16(23)20-17-22(21-15)18(24,10-26-17)12-4-6-13(19)7-5-12/h2-9,24H,10H2,1H3/t18-/m1/s1. The molecule has 8 heteroatoms. The van der Waals surface area contributed by atoms with E-state index < -0.39 is 11.3 Å². The van der Waals surface area contributed by atoms with E-state index in [2.05, 4.69) is 10.1 Å². The number of nitrogens with zero attached hydrogens (tertiary/aromatic N) is 3. The Balaban J connectivity index is 1.83. The number of ether oxygens (including phenoxy) is 1. The number of aliphatic hydroxyl groups is 1. The first-order valence-electron chi connectivity index (χ1n) is 7.79. The third-order valence-corrected chi connectivity index (χ3v) is 5.53. The zero-order valence-corrected chi connectivity index (χ0v) is 15.3. The molecule has 1 aromatic heterocycles. The predicted molar refractivity (Wildman–Crippen MR) is 99.8 cm³/mol. The number of methoxy groups -OCH3 is 1. The molecule has 132 valence electrons. The van der Waals surface area contributed by atoms with Gasteiger partial charge < -0.3 is 9.84 Å². The molecular formula is C18H14ClN3O3S. The normalized spacial score (nSPS) is 18.6. The summed E-state index contributed by atoms with van der Waals surface area (Å²) in [7, 11) is 1.57. The van der Waals surface area contributed by atoms with Crippen molar-refractivity contribution in [2.45, 2.75) is 10.9 Å². The Morgan fingerprint density at radius 3 is 2.54 bits per heavy atom. The Morgan fingerprint density at radius 1 is 1.19 bits per heavy atom. The summed E-state index contributed by atoms with van der Waals surface area (Å²) in [5.74, 6) is 0.983. The van der Waals surface area contributed by atoms with E-state index in [0.717, 1.165) is 0 Å². The van der Waals surface area contributed by atoms with Gasteiger partial charge in [0.15, 0.2) is 16.6 Å². The van der Waals surface area contributed by atoms with E-state index in [1.165, 1.54) is 16.4 Å². The van der Waals surface area contributed by atoms with Crippen molar-refractivity contribution >= 4 is 23.4 Å². The third-order valence-electron chi connectivity index (χ3n) is 4.20. The summed E-state index contributed by atoms with van der Waals surface area (Å²) >= 11 is 7.23. The molecule has 0 amide bonds. The van der Waals surface area contributed by atoms with Crippen LogP contribution in [-0.2, 0) is 5.72 Å². The third kappa shape index (κ3) is 2.78. The number of hydrogen-bond acceptors (Lipinski definition) is 6. The highest BCUT2D eigenvalue weighted by atomic mass is 35.5. The Morgan fingerprint density at radius 2 is 1.88 bits per heavy atom. The summed E-state index contributed by atoms with van der Waals surface area (Å²) in [5.41, 5.74) is -0.423. The second-order valence-electron chi connectivity index (χ2n) is 5.80. The second kappa shape index (κ2) is 6.42. The summed E-state index contributed by atoms with van der Waals surface area (Å²) in [6.45, 7) is 0. The van der Waals surface area contributed by atoms with Crippen molar-refractivity contribution in [3.8, 4) is 17.0 Å². The van der Waals surface area contributed by atoms with Gasteiger partial charge in [0.2, 0.25) is 0 Å². The first-order chi connectivity index (χ1) is 12.5. The Labute approximate surface area is 158 Å². The molecule has 2 heterocycles. The Hall–Kier alpha value is -2.35. The maximum absolute atomic E-state index is 12.4. The molecule has 1 N–H and O–H groups in total. The first kappa shape index (κ1) is 17.1. The van der Waals surface area contributed by atoms with Gasteiger partial charge in [-0.15, -0.1) is 0 Å². The van der Waals surface area contributed by atoms with Crippen molar-refractivity contribution in [2.75, 3.05) is 12.9 Å². The van der Waals surface area contributed by atoms with Gasteiger partial charge in [-0.3, -0.25) is 4.79 Å². The molecule has 0 bridgehead atoms. The maximum atomic E-state index is 12.4.